The molecule has 0 bridgehead atoms. The molecule has 1 aromatic heterocycles. The predicted molar refractivity (Wildman–Crippen MR) is 50.2 cm³/mol. The van der Waals surface area contributed by atoms with Crippen molar-refractivity contribution in [1.82, 2.24) is 9.97 Å². The fraction of sp³-hybridized carbons (Fsp3) is 0.500. The highest BCUT2D eigenvalue weighted by molar-refractivity contribution is 6.29. The average Bonchev–Trinajstić information content (AvgIpc) is 2.01. The molecule has 0 aliphatic rings. The topological polar surface area (TPSA) is 51.8 Å². The number of nitrogens with zero attached hydrogens (tertiary/aromatic N) is 2. The zero-order chi connectivity index (χ0) is 9.14. The van der Waals surface area contributed by atoms with Crippen LogP contribution in [-0.2, 0) is 0 Å². The summed E-state index contributed by atoms with van der Waals surface area (Å²) in [6.45, 7) is 4.18. The average molecular weight is 186 g/mol. The summed E-state index contributed by atoms with van der Waals surface area (Å²) in [4.78, 5) is 7.87. The van der Waals surface area contributed by atoms with E-state index in [9.17, 15) is 0 Å². The standard InChI is InChI=1S/C8H12ClN3/c1-3-5(2)6-4-7(9)12-8(10)11-6/h4-5H,3H2,1-2H3,(H2,10,11,12)/t5-/m0/s1. The third kappa shape index (κ3) is 2.08. The first kappa shape index (κ1) is 9.26. The first-order valence-electron chi connectivity index (χ1n) is 3.93. The molecule has 12 heavy (non-hydrogen) atoms. The maximum atomic E-state index is 5.72. The molecule has 1 heterocycles. The molecule has 0 aliphatic heterocycles. The van der Waals surface area contributed by atoms with E-state index in [0.29, 0.717) is 11.1 Å². The summed E-state index contributed by atoms with van der Waals surface area (Å²) >= 11 is 5.72. The van der Waals surface area contributed by atoms with E-state index >= 15 is 0 Å². The first-order valence-corrected chi connectivity index (χ1v) is 4.31. The molecule has 66 valence electrons. The highest BCUT2D eigenvalue weighted by Crippen LogP contribution is 2.19. The number of halogens is 1. The number of hydrogen-bond acceptors (Lipinski definition) is 3. The molecule has 0 spiro atoms. The van der Waals surface area contributed by atoms with Crippen molar-refractivity contribution in [2.45, 2.75) is 26.2 Å². The van der Waals surface area contributed by atoms with Gasteiger partial charge in [0.15, 0.2) is 0 Å². The van der Waals surface area contributed by atoms with Gasteiger partial charge in [-0.2, -0.15) is 0 Å². The summed E-state index contributed by atoms with van der Waals surface area (Å²) in [6.07, 6.45) is 1.02. The molecule has 1 atom stereocenters. The number of aromatic nitrogens is 2. The minimum atomic E-state index is 0.248. The molecule has 0 saturated heterocycles. The van der Waals surface area contributed by atoms with Crippen LogP contribution in [0.5, 0.6) is 0 Å². The van der Waals surface area contributed by atoms with Crippen LogP contribution in [0.4, 0.5) is 5.95 Å². The van der Waals surface area contributed by atoms with Gasteiger partial charge in [-0.25, -0.2) is 9.97 Å². The van der Waals surface area contributed by atoms with Crippen molar-refractivity contribution in [1.29, 1.82) is 0 Å². The van der Waals surface area contributed by atoms with E-state index in [1.165, 1.54) is 0 Å². The zero-order valence-electron chi connectivity index (χ0n) is 7.21. The minimum Gasteiger partial charge on any atom is -0.368 e. The quantitative estimate of drug-likeness (QED) is 0.719. The van der Waals surface area contributed by atoms with Gasteiger partial charge in [-0.15, -0.1) is 0 Å². The van der Waals surface area contributed by atoms with Gasteiger partial charge >= 0.3 is 0 Å². The van der Waals surface area contributed by atoms with Crippen LogP contribution in [0.1, 0.15) is 31.9 Å². The smallest absolute Gasteiger partial charge is 0.221 e. The lowest BCUT2D eigenvalue weighted by Gasteiger charge is -2.07. The monoisotopic (exact) mass is 185 g/mol. The Bertz CT molecular complexity index is 255. The summed E-state index contributed by atoms with van der Waals surface area (Å²) in [6, 6.07) is 1.76. The van der Waals surface area contributed by atoms with Crippen LogP contribution in [0.25, 0.3) is 0 Å². The van der Waals surface area contributed by atoms with E-state index < -0.39 is 0 Å². The van der Waals surface area contributed by atoms with Crippen molar-refractivity contribution < 1.29 is 0 Å². The predicted octanol–water partition coefficient (Wildman–Crippen LogP) is 2.23. The van der Waals surface area contributed by atoms with Gasteiger partial charge in [0.1, 0.15) is 5.15 Å². The van der Waals surface area contributed by atoms with E-state index in [1.54, 1.807) is 6.07 Å². The van der Waals surface area contributed by atoms with Gasteiger partial charge in [-0.05, 0) is 18.4 Å². The van der Waals surface area contributed by atoms with Crippen molar-refractivity contribution in [3.05, 3.63) is 16.9 Å². The molecular weight excluding hydrogens is 174 g/mol. The second-order valence-electron chi connectivity index (χ2n) is 2.78. The second-order valence-corrected chi connectivity index (χ2v) is 3.17. The van der Waals surface area contributed by atoms with Crippen molar-refractivity contribution in [2.24, 2.45) is 0 Å². The van der Waals surface area contributed by atoms with Gasteiger partial charge in [-0.3, -0.25) is 0 Å². The number of nitrogens with two attached hydrogens (primary N) is 1. The first-order chi connectivity index (χ1) is 5.63. The van der Waals surface area contributed by atoms with E-state index in [2.05, 4.69) is 23.8 Å². The Kier molecular flexibility index (Phi) is 2.87. The van der Waals surface area contributed by atoms with Crippen LogP contribution in [0.15, 0.2) is 6.07 Å². The van der Waals surface area contributed by atoms with Crippen molar-refractivity contribution in [2.75, 3.05) is 5.73 Å². The van der Waals surface area contributed by atoms with E-state index in [-0.39, 0.29) is 5.95 Å². The summed E-state index contributed by atoms with van der Waals surface area (Å²) in [5.41, 5.74) is 6.36. The summed E-state index contributed by atoms with van der Waals surface area (Å²) in [7, 11) is 0. The number of rotatable bonds is 2. The van der Waals surface area contributed by atoms with E-state index in [1.807, 2.05) is 0 Å². The molecule has 2 N–H and O–H groups in total. The molecule has 0 saturated carbocycles. The SMILES string of the molecule is CC[C@H](C)c1cc(Cl)nc(N)n1. The lowest BCUT2D eigenvalue weighted by Crippen LogP contribution is -2.01. The van der Waals surface area contributed by atoms with Crippen LogP contribution in [-0.4, -0.2) is 9.97 Å². The molecule has 1 aromatic rings. The Morgan fingerprint density at radius 2 is 2.25 bits per heavy atom. The Morgan fingerprint density at radius 1 is 1.58 bits per heavy atom. The largest absolute Gasteiger partial charge is 0.368 e. The molecule has 0 amide bonds. The molecular formula is C8H12ClN3. The van der Waals surface area contributed by atoms with Gasteiger partial charge in [0.2, 0.25) is 5.95 Å². The van der Waals surface area contributed by atoms with Crippen molar-refractivity contribution in [3.63, 3.8) is 0 Å². The fourth-order valence-corrected chi connectivity index (χ4v) is 1.11. The number of hydrogen-bond donors (Lipinski definition) is 1. The molecule has 3 nitrogen and oxygen atoms in total. The maximum Gasteiger partial charge on any atom is 0.221 e. The van der Waals surface area contributed by atoms with Crippen LogP contribution in [0.3, 0.4) is 0 Å². The summed E-state index contributed by atoms with van der Waals surface area (Å²) in [5, 5.41) is 0.415. The Balaban J connectivity index is 3.00. The van der Waals surface area contributed by atoms with Crippen molar-refractivity contribution in [3.8, 4) is 0 Å². The Hall–Kier alpha value is -0.830. The van der Waals surface area contributed by atoms with Gasteiger partial charge < -0.3 is 5.73 Å². The van der Waals surface area contributed by atoms with E-state index in [0.717, 1.165) is 12.1 Å². The maximum absolute atomic E-state index is 5.72. The van der Waals surface area contributed by atoms with Gasteiger partial charge in [-0.1, -0.05) is 25.4 Å². The molecule has 4 heteroatoms. The van der Waals surface area contributed by atoms with Gasteiger partial charge in [0, 0.05) is 0 Å². The fourth-order valence-electron chi connectivity index (χ4n) is 0.915. The van der Waals surface area contributed by atoms with Gasteiger partial charge in [0.05, 0.1) is 5.69 Å². The van der Waals surface area contributed by atoms with E-state index in [4.69, 9.17) is 17.3 Å². The Labute approximate surface area is 77.0 Å². The second kappa shape index (κ2) is 3.72. The zero-order valence-corrected chi connectivity index (χ0v) is 7.97. The molecule has 0 radical (unpaired) electrons. The summed E-state index contributed by atoms with van der Waals surface area (Å²) < 4.78 is 0. The highest BCUT2D eigenvalue weighted by atomic mass is 35.5. The van der Waals surface area contributed by atoms with Crippen molar-refractivity contribution >= 4 is 17.5 Å². The lowest BCUT2D eigenvalue weighted by atomic mass is 10.1. The lowest BCUT2D eigenvalue weighted by molar-refractivity contribution is 0.706. The Morgan fingerprint density at radius 3 is 2.75 bits per heavy atom. The number of nitrogen functional groups attached to an aromatic ring is 1. The summed E-state index contributed by atoms with van der Waals surface area (Å²) in [5.74, 6) is 0.630. The molecule has 0 fully saturated rings. The highest BCUT2D eigenvalue weighted by Gasteiger charge is 2.06. The van der Waals surface area contributed by atoms with Crippen LogP contribution >= 0.6 is 11.6 Å². The van der Waals surface area contributed by atoms with Crippen LogP contribution < -0.4 is 5.73 Å². The van der Waals surface area contributed by atoms with Crippen LogP contribution in [0, 0.1) is 0 Å². The third-order valence-corrected chi connectivity index (χ3v) is 2.04. The molecule has 0 unspecified atom stereocenters. The van der Waals surface area contributed by atoms with Crippen LogP contribution in [0.2, 0.25) is 5.15 Å². The normalized spacial score (nSPS) is 12.9. The molecule has 1 rings (SSSR count). The number of anilines is 1. The van der Waals surface area contributed by atoms with Gasteiger partial charge in [0.25, 0.3) is 0 Å². The minimum absolute atomic E-state index is 0.248. The third-order valence-electron chi connectivity index (χ3n) is 1.85. The molecule has 0 aliphatic carbocycles. The molecule has 0 aromatic carbocycles.